The van der Waals surface area contributed by atoms with Crippen LogP contribution in [0.1, 0.15) is 30.1 Å². The van der Waals surface area contributed by atoms with Crippen LogP contribution in [0.5, 0.6) is 5.75 Å². The van der Waals surface area contributed by atoms with E-state index in [1.54, 1.807) is 36.1 Å². The van der Waals surface area contributed by atoms with Gasteiger partial charge in [0.05, 0.1) is 11.5 Å². The molecule has 8 nitrogen and oxygen atoms in total. The third-order valence-electron chi connectivity index (χ3n) is 4.23. The average molecular weight is 369 g/mol. The second-order valence-electron chi connectivity index (χ2n) is 6.02. The minimum absolute atomic E-state index is 0.0912. The molecule has 0 aromatic heterocycles. The molecule has 0 aliphatic carbocycles. The largest absolute Gasteiger partial charge is 0.487 e. The van der Waals surface area contributed by atoms with E-state index in [0.29, 0.717) is 18.7 Å². The minimum atomic E-state index is -0.580. The van der Waals surface area contributed by atoms with Crippen molar-refractivity contribution in [1.29, 1.82) is 0 Å². The first-order chi connectivity index (χ1) is 13.0. The van der Waals surface area contributed by atoms with Gasteiger partial charge in [0.1, 0.15) is 0 Å². The third kappa shape index (κ3) is 4.05. The van der Waals surface area contributed by atoms with Crippen LogP contribution >= 0.6 is 0 Å². The summed E-state index contributed by atoms with van der Waals surface area (Å²) in [5.41, 5.74) is 1.22. The number of carbonyl (C=O) groups excluding carboxylic acids is 2. The Bertz CT molecular complexity index is 879. The normalized spacial score (nSPS) is 13.5. The molecule has 8 heteroatoms. The fraction of sp³-hybridized carbons (Fsp3) is 0.263. The number of nitro benzene ring substituents is 1. The quantitative estimate of drug-likeness (QED) is 0.621. The first-order valence-electron chi connectivity index (χ1n) is 8.62. The van der Waals surface area contributed by atoms with E-state index in [9.17, 15) is 19.7 Å². The zero-order valence-corrected chi connectivity index (χ0v) is 14.8. The number of ether oxygens (including phenoxy) is 1. The number of hydrogen-bond acceptors (Lipinski definition) is 5. The molecular formula is C19H19N3O5. The first kappa shape index (κ1) is 18.4. The topological polar surface area (TPSA) is 102 Å². The molecule has 140 valence electrons. The maximum atomic E-state index is 12.4. The van der Waals surface area contributed by atoms with Gasteiger partial charge in [0, 0.05) is 36.0 Å². The van der Waals surface area contributed by atoms with E-state index in [0.717, 1.165) is 12.1 Å². The summed E-state index contributed by atoms with van der Waals surface area (Å²) in [6.45, 7) is 2.71. The molecule has 0 radical (unpaired) electrons. The highest BCUT2D eigenvalue weighted by Crippen LogP contribution is 2.28. The molecule has 0 spiro atoms. The zero-order chi connectivity index (χ0) is 19.4. The second kappa shape index (κ2) is 7.86. The van der Waals surface area contributed by atoms with Gasteiger partial charge in [0.15, 0.2) is 5.75 Å². The molecular weight excluding hydrogens is 350 g/mol. The minimum Gasteiger partial charge on any atom is -0.487 e. The third-order valence-corrected chi connectivity index (χ3v) is 4.23. The monoisotopic (exact) mass is 369 g/mol. The highest BCUT2D eigenvalue weighted by Gasteiger charge is 2.22. The van der Waals surface area contributed by atoms with Gasteiger partial charge in [-0.15, -0.1) is 0 Å². The van der Waals surface area contributed by atoms with Gasteiger partial charge in [0.2, 0.25) is 5.91 Å². The fourth-order valence-electron chi connectivity index (χ4n) is 2.93. The molecule has 1 aliphatic heterocycles. The van der Waals surface area contributed by atoms with E-state index in [4.69, 9.17) is 4.74 Å². The lowest BCUT2D eigenvalue weighted by molar-refractivity contribution is -0.385. The number of anilines is 2. The van der Waals surface area contributed by atoms with Gasteiger partial charge in [-0.3, -0.25) is 19.7 Å². The molecule has 1 N–H and O–H groups in total. The number of hydrogen-bond donors (Lipinski definition) is 1. The smallest absolute Gasteiger partial charge is 0.311 e. The molecule has 1 saturated heterocycles. The van der Waals surface area contributed by atoms with Crippen LogP contribution in [-0.4, -0.2) is 29.9 Å². The van der Waals surface area contributed by atoms with Crippen LogP contribution in [0.2, 0.25) is 0 Å². The van der Waals surface area contributed by atoms with Crippen molar-refractivity contribution in [2.45, 2.75) is 19.8 Å². The molecule has 27 heavy (non-hydrogen) atoms. The van der Waals surface area contributed by atoms with Crippen LogP contribution in [0.3, 0.4) is 0 Å². The Morgan fingerprint density at radius 1 is 1.26 bits per heavy atom. The fourth-order valence-corrected chi connectivity index (χ4v) is 2.93. The van der Waals surface area contributed by atoms with Crippen molar-refractivity contribution in [2.75, 3.05) is 23.4 Å². The van der Waals surface area contributed by atoms with Crippen LogP contribution in [0, 0.1) is 10.1 Å². The lowest BCUT2D eigenvalue weighted by atomic mass is 10.1. The summed E-state index contributed by atoms with van der Waals surface area (Å²) in [6, 6.07) is 11.0. The Morgan fingerprint density at radius 2 is 2.00 bits per heavy atom. The summed E-state index contributed by atoms with van der Waals surface area (Å²) < 4.78 is 5.22. The molecule has 3 rings (SSSR count). The standard InChI is InChI=1S/C19H19N3O5/c1-2-27-17-10-5-13(12-16(17)22(25)26)19(24)20-14-6-8-15(9-7-14)21-11-3-4-18(21)23/h5-10,12H,2-4,11H2,1H3,(H,20,24). The van der Waals surface area contributed by atoms with Gasteiger partial charge in [0.25, 0.3) is 5.91 Å². The Kier molecular flexibility index (Phi) is 5.35. The van der Waals surface area contributed by atoms with Crippen molar-refractivity contribution in [3.8, 4) is 5.75 Å². The molecule has 0 atom stereocenters. The van der Waals surface area contributed by atoms with Gasteiger partial charge in [-0.25, -0.2) is 0 Å². The van der Waals surface area contributed by atoms with Crippen LogP contribution in [0.25, 0.3) is 0 Å². The number of rotatable bonds is 6. The molecule has 1 heterocycles. The van der Waals surface area contributed by atoms with Gasteiger partial charge in [-0.1, -0.05) is 0 Å². The predicted octanol–water partition coefficient (Wildman–Crippen LogP) is 3.37. The summed E-state index contributed by atoms with van der Waals surface area (Å²) in [5, 5.41) is 13.9. The number of carbonyl (C=O) groups is 2. The van der Waals surface area contributed by atoms with Gasteiger partial charge in [-0.2, -0.15) is 0 Å². The van der Waals surface area contributed by atoms with E-state index in [1.165, 1.54) is 18.2 Å². The predicted molar refractivity (Wildman–Crippen MR) is 100 cm³/mol. The molecule has 2 aromatic carbocycles. The van der Waals surface area contributed by atoms with E-state index < -0.39 is 10.8 Å². The van der Waals surface area contributed by atoms with Crippen LogP contribution in [0.15, 0.2) is 42.5 Å². The Morgan fingerprint density at radius 3 is 2.59 bits per heavy atom. The molecule has 0 unspecified atom stereocenters. The Labute approximate surface area is 155 Å². The SMILES string of the molecule is CCOc1ccc(C(=O)Nc2ccc(N3CCCC3=O)cc2)cc1[N+](=O)[O-]. The van der Waals surface area contributed by atoms with Crippen molar-refractivity contribution in [2.24, 2.45) is 0 Å². The van der Waals surface area contributed by atoms with E-state index in [2.05, 4.69) is 5.32 Å². The first-order valence-corrected chi connectivity index (χ1v) is 8.62. The van der Waals surface area contributed by atoms with Gasteiger partial charge >= 0.3 is 5.69 Å². The summed E-state index contributed by atoms with van der Waals surface area (Å²) in [4.78, 5) is 36.5. The number of nitrogens with one attached hydrogen (secondary N) is 1. The molecule has 1 aliphatic rings. The molecule has 1 fully saturated rings. The highest BCUT2D eigenvalue weighted by molar-refractivity contribution is 6.05. The number of nitro groups is 1. The van der Waals surface area contributed by atoms with Crippen molar-refractivity contribution in [3.05, 3.63) is 58.1 Å². The van der Waals surface area contributed by atoms with E-state index in [1.807, 2.05) is 0 Å². The maximum Gasteiger partial charge on any atom is 0.311 e. The van der Waals surface area contributed by atoms with Crippen molar-refractivity contribution in [3.63, 3.8) is 0 Å². The number of benzene rings is 2. The van der Waals surface area contributed by atoms with Crippen molar-refractivity contribution in [1.82, 2.24) is 0 Å². The second-order valence-corrected chi connectivity index (χ2v) is 6.02. The number of nitrogens with zero attached hydrogens (tertiary/aromatic N) is 2. The lowest BCUT2D eigenvalue weighted by Crippen LogP contribution is -2.23. The van der Waals surface area contributed by atoms with Gasteiger partial charge < -0.3 is 15.0 Å². The molecule has 0 bridgehead atoms. The highest BCUT2D eigenvalue weighted by atomic mass is 16.6. The molecule has 0 saturated carbocycles. The van der Waals surface area contributed by atoms with Crippen molar-refractivity contribution >= 4 is 28.9 Å². The van der Waals surface area contributed by atoms with Crippen molar-refractivity contribution < 1.29 is 19.2 Å². The van der Waals surface area contributed by atoms with E-state index >= 15 is 0 Å². The molecule has 2 amide bonds. The average Bonchev–Trinajstić information content (AvgIpc) is 3.08. The summed E-state index contributed by atoms with van der Waals surface area (Å²) in [6.07, 6.45) is 1.39. The van der Waals surface area contributed by atoms with Crippen LogP contribution in [-0.2, 0) is 4.79 Å². The summed E-state index contributed by atoms with van der Waals surface area (Å²) >= 11 is 0. The Hall–Kier alpha value is -3.42. The summed E-state index contributed by atoms with van der Waals surface area (Å²) in [5.74, 6) is -0.252. The lowest BCUT2D eigenvalue weighted by Gasteiger charge is -2.16. The zero-order valence-electron chi connectivity index (χ0n) is 14.8. The number of amides is 2. The van der Waals surface area contributed by atoms with Crippen LogP contribution in [0.4, 0.5) is 17.1 Å². The molecule has 2 aromatic rings. The van der Waals surface area contributed by atoms with E-state index in [-0.39, 0.29) is 29.5 Å². The van der Waals surface area contributed by atoms with Gasteiger partial charge in [-0.05, 0) is 49.7 Å². The summed E-state index contributed by atoms with van der Waals surface area (Å²) in [7, 11) is 0. The van der Waals surface area contributed by atoms with Crippen LogP contribution < -0.4 is 15.0 Å². The Balaban J connectivity index is 1.74. The maximum absolute atomic E-state index is 12.4.